The first-order chi connectivity index (χ1) is 7.79. The summed E-state index contributed by atoms with van der Waals surface area (Å²) in [7, 11) is 0. The molecule has 2 bridgehead atoms. The van der Waals surface area contributed by atoms with E-state index in [1.807, 2.05) is 18.2 Å². The van der Waals surface area contributed by atoms with Gasteiger partial charge in [0.25, 0.3) is 0 Å². The predicted octanol–water partition coefficient (Wildman–Crippen LogP) is 2.97. The quantitative estimate of drug-likeness (QED) is 0.544. The molecule has 2 aliphatic rings. The molecule has 0 N–H and O–H groups in total. The van der Waals surface area contributed by atoms with Gasteiger partial charge < -0.3 is 4.79 Å². The smallest absolute Gasteiger partial charge is 0.131 e. The van der Waals surface area contributed by atoms with Crippen LogP contribution in [0, 0.1) is 17.8 Å². The molecule has 2 aliphatic carbocycles. The third-order valence-electron chi connectivity index (χ3n) is 4.59. The van der Waals surface area contributed by atoms with E-state index in [0.717, 1.165) is 6.42 Å². The SMILES string of the molecule is C[C@@H]1[C@H]2C=C[C@H](C2)[C@]1(C=O)c1ccccc1. The molecule has 0 unspecified atom stereocenters. The molecule has 0 aliphatic heterocycles. The Balaban J connectivity index is 2.14. The van der Waals surface area contributed by atoms with Gasteiger partial charge in [-0.05, 0) is 29.7 Å². The molecule has 0 amide bonds. The molecule has 82 valence electrons. The number of hydrogen-bond donors (Lipinski definition) is 0. The molecule has 1 nitrogen and oxygen atoms in total. The molecule has 0 radical (unpaired) electrons. The molecule has 4 atom stereocenters. The highest BCUT2D eigenvalue weighted by Crippen LogP contribution is 2.55. The molecule has 0 saturated heterocycles. The Morgan fingerprint density at radius 1 is 1.25 bits per heavy atom. The minimum Gasteiger partial charge on any atom is -0.302 e. The van der Waals surface area contributed by atoms with Gasteiger partial charge in [0.05, 0.1) is 5.41 Å². The summed E-state index contributed by atoms with van der Waals surface area (Å²) in [5.41, 5.74) is 0.926. The largest absolute Gasteiger partial charge is 0.302 e. The number of aldehydes is 1. The van der Waals surface area contributed by atoms with Gasteiger partial charge in [-0.3, -0.25) is 0 Å². The molecule has 3 rings (SSSR count). The number of allylic oxidation sites excluding steroid dienone is 2. The van der Waals surface area contributed by atoms with E-state index in [-0.39, 0.29) is 5.41 Å². The maximum absolute atomic E-state index is 11.7. The van der Waals surface area contributed by atoms with Crippen LogP contribution < -0.4 is 0 Å². The summed E-state index contributed by atoms with van der Waals surface area (Å²) in [6, 6.07) is 10.3. The number of fused-ring (bicyclic) bond motifs is 2. The van der Waals surface area contributed by atoms with E-state index >= 15 is 0 Å². The highest BCUT2D eigenvalue weighted by Gasteiger charge is 2.54. The van der Waals surface area contributed by atoms with Gasteiger partial charge in [0.2, 0.25) is 0 Å². The normalized spacial score (nSPS) is 40.2. The fraction of sp³-hybridized carbons (Fsp3) is 0.400. The first-order valence-electron chi connectivity index (χ1n) is 5.99. The van der Waals surface area contributed by atoms with Crippen LogP contribution in [0.4, 0.5) is 0 Å². The minimum atomic E-state index is -0.263. The summed E-state index contributed by atoms with van der Waals surface area (Å²) >= 11 is 0. The lowest BCUT2D eigenvalue weighted by Crippen LogP contribution is -2.39. The molecular weight excluding hydrogens is 196 g/mol. The lowest BCUT2D eigenvalue weighted by atomic mass is 9.66. The second-order valence-corrected chi connectivity index (χ2v) is 5.10. The zero-order chi connectivity index (χ0) is 11.2. The van der Waals surface area contributed by atoms with Crippen LogP contribution in [0.3, 0.4) is 0 Å². The van der Waals surface area contributed by atoms with Gasteiger partial charge in [-0.2, -0.15) is 0 Å². The summed E-state index contributed by atoms with van der Waals surface area (Å²) < 4.78 is 0. The van der Waals surface area contributed by atoms with Crippen molar-refractivity contribution in [3.8, 4) is 0 Å². The van der Waals surface area contributed by atoms with Crippen LogP contribution in [0.25, 0.3) is 0 Å². The van der Waals surface area contributed by atoms with Crippen molar-refractivity contribution in [2.75, 3.05) is 0 Å². The summed E-state index contributed by atoms with van der Waals surface area (Å²) in [5.74, 6) is 1.44. The topological polar surface area (TPSA) is 17.1 Å². The van der Waals surface area contributed by atoms with Crippen LogP contribution in [-0.4, -0.2) is 6.29 Å². The highest BCUT2D eigenvalue weighted by atomic mass is 16.1. The first kappa shape index (κ1) is 9.83. The van der Waals surface area contributed by atoms with E-state index in [1.165, 1.54) is 11.8 Å². The second-order valence-electron chi connectivity index (χ2n) is 5.10. The van der Waals surface area contributed by atoms with Crippen LogP contribution in [0.5, 0.6) is 0 Å². The molecule has 0 spiro atoms. The first-order valence-corrected chi connectivity index (χ1v) is 5.99. The average Bonchev–Trinajstić information content (AvgIpc) is 2.90. The Labute approximate surface area is 96.2 Å². The monoisotopic (exact) mass is 212 g/mol. The third kappa shape index (κ3) is 1.03. The van der Waals surface area contributed by atoms with Crippen LogP contribution in [0.1, 0.15) is 18.9 Å². The van der Waals surface area contributed by atoms with E-state index in [4.69, 9.17) is 0 Å². The minimum absolute atomic E-state index is 0.263. The average molecular weight is 212 g/mol. The standard InChI is InChI=1S/C15H16O/c1-11-12-7-8-14(9-12)15(11,10-16)13-5-3-2-4-6-13/h2-8,10-12,14H,9H2,1H3/t11-,12+,14-,15+/m1/s1. The zero-order valence-electron chi connectivity index (χ0n) is 9.47. The number of rotatable bonds is 2. The van der Waals surface area contributed by atoms with Crippen molar-refractivity contribution in [2.24, 2.45) is 17.8 Å². The van der Waals surface area contributed by atoms with Crippen LogP contribution in [-0.2, 0) is 10.2 Å². The van der Waals surface area contributed by atoms with Crippen LogP contribution >= 0.6 is 0 Å². The van der Waals surface area contributed by atoms with E-state index in [2.05, 4.69) is 31.2 Å². The lowest BCUT2D eigenvalue weighted by Gasteiger charge is -2.36. The van der Waals surface area contributed by atoms with Gasteiger partial charge in [0, 0.05) is 0 Å². The van der Waals surface area contributed by atoms with E-state index in [0.29, 0.717) is 17.8 Å². The summed E-state index contributed by atoms with van der Waals surface area (Å²) in [6.45, 7) is 2.22. The third-order valence-corrected chi connectivity index (χ3v) is 4.59. The fourth-order valence-corrected chi connectivity index (χ4v) is 3.61. The summed E-state index contributed by atoms with van der Waals surface area (Å²) in [4.78, 5) is 11.7. The lowest BCUT2D eigenvalue weighted by molar-refractivity contribution is -0.114. The van der Waals surface area contributed by atoms with E-state index in [9.17, 15) is 4.79 Å². The molecule has 1 aromatic rings. The number of carbonyl (C=O) groups is 1. The zero-order valence-corrected chi connectivity index (χ0v) is 9.47. The van der Waals surface area contributed by atoms with Crippen molar-refractivity contribution in [1.29, 1.82) is 0 Å². The molecule has 1 heteroatoms. The Bertz CT molecular complexity index is 434. The van der Waals surface area contributed by atoms with Gasteiger partial charge >= 0.3 is 0 Å². The Morgan fingerprint density at radius 2 is 2.00 bits per heavy atom. The van der Waals surface area contributed by atoms with Crippen LogP contribution in [0.15, 0.2) is 42.5 Å². The number of benzene rings is 1. The predicted molar refractivity (Wildman–Crippen MR) is 64.1 cm³/mol. The van der Waals surface area contributed by atoms with Crippen molar-refractivity contribution in [3.63, 3.8) is 0 Å². The fourth-order valence-electron chi connectivity index (χ4n) is 3.61. The maximum Gasteiger partial charge on any atom is 0.131 e. The molecule has 1 aromatic carbocycles. The Kier molecular flexibility index (Phi) is 2.03. The van der Waals surface area contributed by atoms with Gasteiger partial charge in [0.15, 0.2) is 0 Å². The number of carbonyl (C=O) groups excluding carboxylic acids is 1. The van der Waals surface area contributed by atoms with Crippen molar-refractivity contribution in [2.45, 2.75) is 18.8 Å². The van der Waals surface area contributed by atoms with E-state index < -0.39 is 0 Å². The van der Waals surface area contributed by atoms with Gasteiger partial charge in [-0.25, -0.2) is 0 Å². The highest BCUT2D eigenvalue weighted by molar-refractivity contribution is 5.72. The van der Waals surface area contributed by atoms with Gasteiger partial charge in [0.1, 0.15) is 6.29 Å². The summed E-state index contributed by atoms with van der Waals surface area (Å²) in [6.07, 6.45) is 6.88. The Morgan fingerprint density at radius 3 is 2.56 bits per heavy atom. The molecular formula is C15H16O. The van der Waals surface area contributed by atoms with Crippen molar-refractivity contribution in [1.82, 2.24) is 0 Å². The van der Waals surface area contributed by atoms with Gasteiger partial charge in [-0.1, -0.05) is 49.4 Å². The molecule has 0 aromatic heterocycles. The Hall–Kier alpha value is -1.37. The molecule has 16 heavy (non-hydrogen) atoms. The number of hydrogen-bond acceptors (Lipinski definition) is 1. The van der Waals surface area contributed by atoms with Gasteiger partial charge in [-0.15, -0.1) is 0 Å². The van der Waals surface area contributed by atoms with Crippen molar-refractivity contribution >= 4 is 6.29 Å². The second kappa shape index (κ2) is 3.31. The summed E-state index contributed by atoms with van der Waals surface area (Å²) in [5, 5.41) is 0. The van der Waals surface area contributed by atoms with E-state index in [1.54, 1.807) is 0 Å². The van der Waals surface area contributed by atoms with Crippen LogP contribution in [0.2, 0.25) is 0 Å². The molecule has 1 saturated carbocycles. The van der Waals surface area contributed by atoms with Crippen molar-refractivity contribution in [3.05, 3.63) is 48.0 Å². The van der Waals surface area contributed by atoms with Crippen molar-refractivity contribution < 1.29 is 4.79 Å². The molecule has 0 heterocycles. The maximum atomic E-state index is 11.7. The molecule has 1 fully saturated rings.